The molecular formula is C22H27BrN2. The molecule has 0 bridgehead atoms. The van der Waals surface area contributed by atoms with E-state index < -0.39 is 0 Å². The first-order chi connectivity index (χ1) is 12.3. The molecule has 2 aromatic carbocycles. The number of halogens is 1. The Morgan fingerprint density at radius 2 is 1.96 bits per heavy atom. The summed E-state index contributed by atoms with van der Waals surface area (Å²) in [7, 11) is 0. The normalized spacial score (nSPS) is 20.5. The third-order valence-electron chi connectivity index (χ3n) is 5.84. The summed E-state index contributed by atoms with van der Waals surface area (Å²) < 4.78 is 1.24. The van der Waals surface area contributed by atoms with Crippen LogP contribution < -0.4 is 10.6 Å². The number of hydrogen-bond acceptors (Lipinski definition) is 2. The van der Waals surface area contributed by atoms with Crippen LogP contribution in [0.2, 0.25) is 0 Å². The molecule has 2 nitrogen and oxygen atoms in total. The van der Waals surface area contributed by atoms with Gasteiger partial charge in [-0.05, 0) is 91.6 Å². The summed E-state index contributed by atoms with van der Waals surface area (Å²) in [6.45, 7) is 4.59. The van der Waals surface area contributed by atoms with Gasteiger partial charge in [0.15, 0.2) is 0 Å². The second-order valence-corrected chi connectivity index (χ2v) is 8.19. The molecule has 1 heterocycles. The highest BCUT2D eigenvalue weighted by Crippen LogP contribution is 2.39. The molecule has 1 fully saturated rings. The minimum atomic E-state index is 0.417. The molecule has 25 heavy (non-hydrogen) atoms. The molecule has 0 aromatic heterocycles. The largest absolute Gasteiger partial charge is 0.378 e. The quantitative estimate of drug-likeness (QED) is 0.702. The zero-order valence-corrected chi connectivity index (χ0v) is 16.5. The van der Waals surface area contributed by atoms with E-state index >= 15 is 0 Å². The third kappa shape index (κ3) is 3.50. The summed E-state index contributed by atoms with van der Waals surface area (Å²) in [4.78, 5) is 0. The first kappa shape index (κ1) is 17.1. The van der Waals surface area contributed by atoms with E-state index in [9.17, 15) is 0 Å². The summed E-state index contributed by atoms with van der Waals surface area (Å²) in [6, 6.07) is 14.1. The number of piperidine rings is 1. The predicted octanol–water partition coefficient (Wildman–Crippen LogP) is 5.58. The van der Waals surface area contributed by atoms with Gasteiger partial charge in [-0.1, -0.05) is 41.1 Å². The number of hydrogen-bond donors (Lipinski definition) is 2. The van der Waals surface area contributed by atoms with E-state index in [1.807, 2.05) is 0 Å². The summed E-state index contributed by atoms with van der Waals surface area (Å²) in [5, 5.41) is 7.28. The highest BCUT2D eigenvalue weighted by Gasteiger charge is 2.25. The van der Waals surface area contributed by atoms with Crippen LogP contribution in [-0.4, -0.2) is 13.1 Å². The van der Waals surface area contributed by atoms with Crippen LogP contribution in [0.5, 0.6) is 0 Å². The monoisotopic (exact) mass is 398 g/mol. The molecular weight excluding hydrogens is 372 g/mol. The van der Waals surface area contributed by atoms with Gasteiger partial charge in [-0.2, -0.15) is 0 Å². The SMILES string of the molecule is CCc1cc(NC2CCc3cccc(Br)c32)ccc1C1CCNCC1. The first-order valence-corrected chi connectivity index (χ1v) is 10.4. The standard InChI is InChI=1S/C22H27BrN2/c1-2-15-14-18(7-8-19(15)16-10-12-24-13-11-16)25-21-9-6-17-4-3-5-20(23)22(17)21/h3-5,7-8,14,16,21,24-25H,2,6,9-13H2,1H3. The minimum absolute atomic E-state index is 0.417. The highest BCUT2D eigenvalue weighted by atomic mass is 79.9. The van der Waals surface area contributed by atoms with Crippen molar-refractivity contribution in [3.63, 3.8) is 0 Å². The molecule has 1 atom stereocenters. The van der Waals surface area contributed by atoms with Crippen molar-refractivity contribution in [2.45, 2.75) is 51.0 Å². The van der Waals surface area contributed by atoms with Crippen LogP contribution in [0, 0.1) is 0 Å². The van der Waals surface area contributed by atoms with E-state index in [2.05, 4.69) is 69.9 Å². The molecule has 1 unspecified atom stereocenters. The Hall–Kier alpha value is -1.32. The Balaban J connectivity index is 1.56. The molecule has 0 spiro atoms. The Bertz CT molecular complexity index is 750. The number of aryl methyl sites for hydroxylation is 2. The molecule has 2 aliphatic rings. The maximum atomic E-state index is 3.80. The van der Waals surface area contributed by atoms with Crippen molar-refractivity contribution >= 4 is 21.6 Å². The van der Waals surface area contributed by atoms with Crippen LogP contribution in [-0.2, 0) is 12.8 Å². The van der Waals surface area contributed by atoms with Crippen molar-refractivity contribution in [2.75, 3.05) is 18.4 Å². The topological polar surface area (TPSA) is 24.1 Å². The third-order valence-corrected chi connectivity index (χ3v) is 6.53. The minimum Gasteiger partial charge on any atom is -0.378 e. The zero-order valence-electron chi connectivity index (χ0n) is 14.9. The van der Waals surface area contributed by atoms with Gasteiger partial charge in [-0.25, -0.2) is 0 Å². The number of fused-ring (bicyclic) bond motifs is 1. The lowest BCUT2D eigenvalue weighted by molar-refractivity contribution is 0.458. The van der Waals surface area contributed by atoms with Crippen LogP contribution in [0.3, 0.4) is 0 Å². The van der Waals surface area contributed by atoms with Crippen LogP contribution in [0.4, 0.5) is 5.69 Å². The molecule has 0 radical (unpaired) electrons. The molecule has 0 amide bonds. The Kier molecular flexibility index (Phi) is 5.14. The lowest BCUT2D eigenvalue weighted by atomic mass is 9.86. The van der Waals surface area contributed by atoms with Gasteiger partial charge in [0.05, 0.1) is 6.04 Å². The first-order valence-electron chi connectivity index (χ1n) is 9.63. The van der Waals surface area contributed by atoms with Gasteiger partial charge in [0.25, 0.3) is 0 Å². The van der Waals surface area contributed by atoms with Crippen molar-refractivity contribution in [1.82, 2.24) is 5.32 Å². The predicted molar refractivity (Wildman–Crippen MR) is 109 cm³/mol. The van der Waals surface area contributed by atoms with E-state index in [4.69, 9.17) is 0 Å². The van der Waals surface area contributed by atoms with Gasteiger partial charge in [-0.15, -0.1) is 0 Å². The summed E-state index contributed by atoms with van der Waals surface area (Å²) in [5.74, 6) is 0.728. The molecule has 132 valence electrons. The van der Waals surface area contributed by atoms with Crippen molar-refractivity contribution in [2.24, 2.45) is 0 Å². The summed E-state index contributed by atoms with van der Waals surface area (Å²) in [6.07, 6.45) is 5.99. The lowest BCUT2D eigenvalue weighted by Gasteiger charge is -2.26. The fraction of sp³-hybridized carbons (Fsp3) is 0.455. The van der Waals surface area contributed by atoms with Gasteiger partial charge in [-0.3, -0.25) is 0 Å². The van der Waals surface area contributed by atoms with Crippen LogP contribution in [0.15, 0.2) is 40.9 Å². The molecule has 3 heteroatoms. The molecule has 4 rings (SSSR count). The van der Waals surface area contributed by atoms with Gasteiger partial charge >= 0.3 is 0 Å². The highest BCUT2D eigenvalue weighted by molar-refractivity contribution is 9.10. The number of rotatable bonds is 4. The Morgan fingerprint density at radius 1 is 1.12 bits per heavy atom. The van der Waals surface area contributed by atoms with Crippen molar-refractivity contribution in [3.8, 4) is 0 Å². The second-order valence-electron chi connectivity index (χ2n) is 7.34. The molecule has 2 aromatic rings. The summed E-state index contributed by atoms with van der Waals surface area (Å²) in [5.41, 5.74) is 7.28. The van der Waals surface area contributed by atoms with Gasteiger partial charge in [0.2, 0.25) is 0 Å². The maximum Gasteiger partial charge on any atom is 0.0530 e. The van der Waals surface area contributed by atoms with E-state index in [1.165, 1.54) is 52.5 Å². The van der Waals surface area contributed by atoms with Gasteiger partial charge in [0.1, 0.15) is 0 Å². The van der Waals surface area contributed by atoms with E-state index in [0.29, 0.717) is 6.04 Å². The number of nitrogens with one attached hydrogen (secondary N) is 2. The Morgan fingerprint density at radius 3 is 2.76 bits per heavy atom. The Labute approximate surface area is 159 Å². The number of benzene rings is 2. The molecule has 1 saturated heterocycles. The summed E-state index contributed by atoms with van der Waals surface area (Å²) >= 11 is 3.75. The molecule has 1 aliphatic carbocycles. The van der Waals surface area contributed by atoms with Gasteiger partial charge in [0, 0.05) is 10.2 Å². The van der Waals surface area contributed by atoms with Crippen molar-refractivity contribution in [3.05, 3.63) is 63.1 Å². The van der Waals surface area contributed by atoms with Gasteiger partial charge < -0.3 is 10.6 Å². The van der Waals surface area contributed by atoms with Crippen molar-refractivity contribution in [1.29, 1.82) is 0 Å². The average molecular weight is 399 g/mol. The fourth-order valence-electron chi connectivity index (χ4n) is 4.51. The molecule has 1 aliphatic heterocycles. The average Bonchev–Trinajstić information content (AvgIpc) is 3.06. The zero-order chi connectivity index (χ0) is 17.2. The molecule has 0 saturated carbocycles. The van der Waals surface area contributed by atoms with Crippen LogP contribution in [0.25, 0.3) is 0 Å². The number of anilines is 1. The van der Waals surface area contributed by atoms with Crippen LogP contribution >= 0.6 is 15.9 Å². The lowest BCUT2D eigenvalue weighted by Crippen LogP contribution is -2.27. The second kappa shape index (κ2) is 7.51. The smallest absolute Gasteiger partial charge is 0.0530 e. The van der Waals surface area contributed by atoms with Crippen LogP contribution in [0.1, 0.15) is 60.4 Å². The molecule has 2 N–H and O–H groups in total. The van der Waals surface area contributed by atoms with E-state index in [1.54, 1.807) is 5.56 Å². The van der Waals surface area contributed by atoms with E-state index in [-0.39, 0.29) is 0 Å². The van der Waals surface area contributed by atoms with E-state index in [0.717, 1.165) is 25.4 Å². The maximum absolute atomic E-state index is 3.80. The van der Waals surface area contributed by atoms with Crippen molar-refractivity contribution < 1.29 is 0 Å². The fourth-order valence-corrected chi connectivity index (χ4v) is 5.20.